The predicted molar refractivity (Wildman–Crippen MR) is 90.4 cm³/mol. The molecule has 6 nitrogen and oxygen atoms in total. The number of hydrogen-bond donors (Lipinski definition) is 1. The second-order valence-corrected chi connectivity index (χ2v) is 7.08. The third-order valence-electron chi connectivity index (χ3n) is 5.02. The number of amides is 1. The third kappa shape index (κ3) is 3.10. The van der Waals surface area contributed by atoms with Crippen LogP contribution < -0.4 is 0 Å². The van der Waals surface area contributed by atoms with Crippen molar-refractivity contribution < 1.29 is 23.1 Å². The van der Waals surface area contributed by atoms with Crippen molar-refractivity contribution in [3.05, 3.63) is 41.0 Å². The molecule has 0 saturated carbocycles. The smallest absolute Gasteiger partial charge is 0.274 e. The fraction of sp³-hybridized carbons (Fsp3) is 0.444. The van der Waals surface area contributed by atoms with Crippen LogP contribution in [-0.4, -0.2) is 63.2 Å². The highest BCUT2D eigenvalue weighted by Gasteiger charge is 2.35. The molecule has 1 aromatic heterocycles. The number of nitrogens with zero attached hydrogens (tertiary/aromatic N) is 4. The number of fused-ring (bicyclic) bond motifs is 1. The van der Waals surface area contributed by atoms with Crippen molar-refractivity contribution in [2.24, 2.45) is 0 Å². The molecule has 1 amide bonds. The summed E-state index contributed by atoms with van der Waals surface area (Å²) < 4.78 is 43.1. The zero-order valence-corrected chi connectivity index (χ0v) is 14.8. The van der Waals surface area contributed by atoms with E-state index in [1.54, 1.807) is 4.57 Å². The Morgan fingerprint density at radius 1 is 1.15 bits per heavy atom. The van der Waals surface area contributed by atoms with Gasteiger partial charge < -0.3 is 19.5 Å². The summed E-state index contributed by atoms with van der Waals surface area (Å²) in [6.07, 6.45) is 0.190. The van der Waals surface area contributed by atoms with Crippen LogP contribution in [0.15, 0.2) is 12.1 Å². The molecule has 1 saturated heterocycles. The Morgan fingerprint density at radius 3 is 2.56 bits per heavy atom. The monoisotopic (exact) mass is 380 g/mol. The van der Waals surface area contributed by atoms with E-state index < -0.39 is 23.6 Å². The Hall–Kier alpha value is -2.39. The van der Waals surface area contributed by atoms with Crippen molar-refractivity contribution in [3.63, 3.8) is 0 Å². The van der Waals surface area contributed by atoms with Crippen LogP contribution in [0, 0.1) is 17.5 Å². The number of halogens is 3. The van der Waals surface area contributed by atoms with Gasteiger partial charge in [-0.3, -0.25) is 4.79 Å². The number of aliphatic hydroxyl groups excluding tert-OH is 1. The van der Waals surface area contributed by atoms with Crippen molar-refractivity contribution in [2.75, 3.05) is 26.7 Å². The highest BCUT2D eigenvalue weighted by atomic mass is 19.2. The maximum absolute atomic E-state index is 14.4. The zero-order chi connectivity index (χ0) is 19.3. The molecule has 2 aromatic rings. The van der Waals surface area contributed by atoms with Gasteiger partial charge in [-0.2, -0.15) is 0 Å². The van der Waals surface area contributed by atoms with Gasteiger partial charge in [-0.1, -0.05) is 0 Å². The summed E-state index contributed by atoms with van der Waals surface area (Å²) >= 11 is 0. The molecule has 1 N–H and O–H groups in total. The van der Waals surface area contributed by atoms with Crippen LogP contribution in [0.25, 0.3) is 11.4 Å². The molecule has 144 valence electrons. The Morgan fingerprint density at radius 2 is 1.85 bits per heavy atom. The lowest BCUT2D eigenvalue weighted by Gasteiger charge is -2.35. The lowest BCUT2D eigenvalue weighted by atomic mass is 10.1. The molecule has 0 atom stereocenters. The molecule has 0 aliphatic carbocycles. The van der Waals surface area contributed by atoms with Gasteiger partial charge in [-0.05, 0) is 26.1 Å². The van der Waals surface area contributed by atoms with E-state index in [-0.39, 0.29) is 36.1 Å². The van der Waals surface area contributed by atoms with Crippen LogP contribution in [-0.2, 0) is 13.1 Å². The molecule has 4 rings (SSSR count). The van der Waals surface area contributed by atoms with Gasteiger partial charge in [0.05, 0.1) is 17.4 Å². The lowest BCUT2D eigenvalue weighted by molar-refractivity contribution is 0.00541. The quantitative estimate of drug-likeness (QED) is 0.805. The van der Waals surface area contributed by atoms with Crippen LogP contribution in [0.5, 0.6) is 0 Å². The van der Waals surface area contributed by atoms with Crippen LogP contribution in [0.1, 0.15) is 22.6 Å². The highest BCUT2D eigenvalue weighted by molar-refractivity contribution is 5.95. The van der Waals surface area contributed by atoms with Gasteiger partial charge in [-0.15, -0.1) is 0 Å². The zero-order valence-electron chi connectivity index (χ0n) is 14.8. The average molecular weight is 380 g/mol. The molecular formula is C18H19F3N4O2. The van der Waals surface area contributed by atoms with E-state index in [1.807, 2.05) is 11.9 Å². The van der Waals surface area contributed by atoms with Gasteiger partial charge in [-0.25, -0.2) is 18.2 Å². The molecule has 0 spiro atoms. The van der Waals surface area contributed by atoms with Crippen molar-refractivity contribution in [1.29, 1.82) is 0 Å². The maximum Gasteiger partial charge on any atom is 0.274 e. The minimum absolute atomic E-state index is 0.112. The molecule has 1 fully saturated rings. The van der Waals surface area contributed by atoms with E-state index in [4.69, 9.17) is 0 Å². The Bertz CT molecular complexity index is 908. The van der Waals surface area contributed by atoms with Crippen LogP contribution in [0.3, 0.4) is 0 Å². The molecule has 0 unspecified atom stereocenters. The molecule has 0 bridgehead atoms. The van der Waals surface area contributed by atoms with Crippen LogP contribution >= 0.6 is 0 Å². The van der Waals surface area contributed by atoms with Gasteiger partial charge >= 0.3 is 0 Å². The lowest BCUT2D eigenvalue weighted by Crippen LogP contribution is -2.53. The summed E-state index contributed by atoms with van der Waals surface area (Å²) in [7, 11) is 1.90. The largest absolute Gasteiger partial charge is 0.389 e. The molecule has 2 aliphatic rings. The van der Waals surface area contributed by atoms with Gasteiger partial charge in [0.2, 0.25) is 0 Å². The second-order valence-electron chi connectivity index (χ2n) is 7.08. The highest BCUT2D eigenvalue weighted by Crippen LogP contribution is 2.30. The number of aliphatic hydroxyl groups is 1. The Kier molecular flexibility index (Phi) is 4.43. The minimum atomic E-state index is -1.27. The summed E-state index contributed by atoms with van der Waals surface area (Å²) in [5.41, 5.74) is 0.595. The number of aromatic nitrogens is 2. The molecule has 2 aliphatic heterocycles. The van der Waals surface area contributed by atoms with Gasteiger partial charge in [0.1, 0.15) is 11.6 Å². The first kappa shape index (κ1) is 18.0. The van der Waals surface area contributed by atoms with Gasteiger partial charge in [0, 0.05) is 32.2 Å². The Balaban J connectivity index is 1.84. The molecular weight excluding hydrogens is 361 g/mol. The van der Waals surface area contributed by atoms with E-state index >= 15 is 0 Å². The first-order valence-electron chi connectivity index (χ1n) is 8.75. The van der Waals surface area contributed by atoms with E-state index in [0.717, 1.165) is 19.0 Å². The molecule has 9 heteroatoms. The standard InChI is InChI=1S/C18H19F3N4O2/c1-23-3-2-4-25-15(9-23)16(18(27)24-7-10(26)8-24)22-17(25)11-5-13(20)14(21)6-12(11)19/h5-6,10,26H,2-4,7-9H2,1H3. The second kappa shape index (κ2) is 6.65. The average Bonchev–Trinajstić information content (AvgIpc) is 2.81. The number of likely N-dealkylation sites (tertiary alicyclic amines) is 1. The van der Waals surface area contributed by atoms with Crippen molar-refractivity contribution in [3.8, 4) is 11.4 Å². The van der Waals surface area contributed by atoms with Crippen LogP contribution in [0.4, 0.5) is 13.2 Å². The summed E-state index contributed by atoms with van der Waals surface area (Å²) in [4.78, 5) is 20.6. The fourth-order valence-electron chi connectivity index (χ4n) is 3.56. The number of imidazole rings is 1. The van der Waals surface area contributed by atoms with Crippen molar-refractivity contribution >= 4 is 5.91 Å². The molecule has 27 heavy (non-hydrogen) atoms. The summed E-state index contributed by atoms with van der Waals surface area (Å²) in [5.74, 6) is -3.62. The molecule has 1 aromatic carbocycles. The number of rotatable bonds is 2. The Labute approximate surface area is 153 Å². The maximum atomic E-state index is 14.4. The number of β-amino-alcohol motifs (C(OH)–C–C–N with tert-alkyl or cyclic N) is 1. The number of carbonyl (C=O) groups is 1. The minimum Gasteiger partial charge on any atom is -0.389 e. The van der Waals surface area contributed by atoms with E-state index in [0.29, 0.717) is 24.8 Å². The summed E-state index contributed by atoms with van der Waals surface area (Å²) in [6.45, 7) is 2.12. The van der Waals surface area contributed by atoms with Gasteiger partial charge in [0.25, 0.3) is 5.91 Å². The predicted octanol–water partition coefficient (Wildman–Crippen LogP) is 1.62. The third-order valence-corrected chi connectivity index (χ3v) is 5.02. The first-order valence-corrected chi connectivity index (χ1v) is 8.75. The van der Waals surface area contributed by atoms with E-state index in [1.165, 1.54) is 4.90 Å². The van der Waals surface area contributed by atoms with E-state index in [9.17, 15) is 23.1 Å². The summed E-state index contributed by atoms with van der Waals surface area (Å²) in [6, 6.07) is 1.26. The van der Waals surface area contributed by atoms with Crippen molar-refractivity contribution in [1.82, 2.24) is 19.4 Å². The number of benzene rings is 1. The summed E-state index contributed by atoms with van der Waals surface area (Å²) in [5, 5.41) is 9.46. The first-order chi connectivity index (χ1) is 12.8. The van der Waals surface area contributed by atoms with Crippen LogP contribution in [0.2, 0.25) is 0 Å². The van der Waals surface area contributed by atoms with Gasteiger partial charge in [0.15, 0.2) is 17.3 Å². The normalized spacial score (nSPS) is 18.2. The topological polar surface area (TPSA) is 61.6 Å². The SMILES string of the molecule is CN1CCCn2c(-c3cc(F)c(F)cc3F)nc(C(=O)N3CC(O)C3)c2C1. The molecule has 3 heterocycles. The van der Waals surface area contributed by atoms with Crippen molar-refractivity contribution in [2.45, 2.75) is 25.6 Å². The van der Waals surface area contributed by atoms with E-state index in [2.05, 4.69) is 4.98 Å². The number of carbonyl (C=O) groups excluding carboxylic acids is 1. The number of hydrogen-bond acceptors (Lipinski definition) is 4. The molecule has 0 radical (unpaired) electrons. The fourth-order valence-corrected chi connectivity index (χ4v) is 3.56.